The van der Waals surface area contributed by atoms with Crippen molar-refractivity contribution < 1.29 is 19.2 Å². The summed E-state index contributed by atoms with van der Waals surface area (Å²) in [7, 11) is 1.38. The number of non-ortho nitro benzene ring substituents is 1. The van der Waals surface area contributed by atoms with Gasteiger partial charge >= 0.3 is 0 Å². The van der Waals surface area contributed by atoms with Crippen LogP contribution in [0, 0.1) is 22.0 Å². The summed E-state index contributed by atoms with van der Waals surface area (Å²) in [6.07, 6.45) is 0.666. The minimum Gasteiger partial charge on any atom is -0.494 e. The van der Waals surface area contributed by atoms with Gasteiger partial charge in [-0.05, 0) is 34.7 Å². The number of hydrogen-bond donors (Lipinski definition) is 0. The maximum absolute atomic E-state index is 14.1. The Kier molecular flexibility index (Phi) is 4.24. The summed E-state index contributed by atoms with van der Waals surface area (Å²) in [6, 6.07) is 20.3. The highest BCUT2D eigenvalue weighted by atomic mass is 16.6. The quantitative estimate of drug-likeness (QED) is 0.327. The molecular formula is C27H22N2O5. The molecule has 2 amide bonds. The van der Waals surface area contributed by atoms with Crippen molar-refractivity contribution in [2.75, 3.05) is 12.0 Å². The number of rotatable bonds is 4. The van der Waals surface area contributed by atoms with E-state index in [9.17, 15) is 19.7 Å². The van der Waals surface area contributed by atoms with Gasteiger partial charge in [0.05, 0.1) is 35.6 Å². The van der Waals surface area contributed by atoms with Crippen molar-refractivity contribution in [3.05, 3.63) is 99.1 Å². The van der Waals surface area contributed by atoms with Gasteiger partial charge in [-0.15, -0.1) is 0 Å². The molecule has 1 saturated heterocycles. The van der Waals surface area contributed by atoms with Gasteiger partial charge < -0.3 is 4.74 Å². The van der Waals surface area contributed by atoms with Crippen molar-refractivity contribution in [3.63, 3.8) is 0 Å². The Morgan fingerprint density at radius 1 is 0.971 bits per heavy atom. The number of methoxy groups -OCH3 is 1. The molecule has 0 aromatic heterocycles. The SMILES string of the molecule is CCC12c3ccccc3C(c3ccccc31)[C@@H]1C(=O)N(c3ccc([N+](=O)[O-])cc3OC)C(=O)[C@@H]12. The van der Waals surface area contributed by atoms with Crippen molar-refractivity contribution in [2.45, 2.75) is 24.7 Å². The van der Waals surface area contributed by atoms with Gasteiger partial charge in [0, 0.05) is 17.4 Å². The molecule has 1 fully saturated rings. The molecule has 3 aromatic rings. The average molecular weight is 454 g/mol. The Morgan fingerprint density at radius 2 is 1.59 bits per heavy atom. The van der Waals surface area contributed by atoms with Crippen LogP contribution in [-0.4, -0.2) is 23.8 Å². The molecule has 7 heteroatoms. The number of carbonyl (C=O) groups excluding carboxylic acids is 2. The van der Waals surface area contributed by atoms with E-state index in [0.29, 0.717) is 6.42 Å². The van der Waals surface area contributed by atoms with E-state index in [1.54, 1.807) is 0 Å². The number of nitro groups is 1. The van der Waals surface area contributed by atoms with Gasteiger partial charge in [0.25, 0.3) is 5.69 Å². The fraction of sp³-hybridized carbons (Fsp3) is 0.259. The highest BCUT2D eigenvalue weighted by molar-refractivity contribution is 6.24. The number of nitro benzene ring substituents is 1. The topological polar surface area (TPSA) is 89.8 Å². The molecule has 3 aromatic carbocycles. The number of benzene rings is 3. The molecule has 0 unspecified atom stereocenters. The Hall–Kier alpha value is -4.00. The smallest absolute Gasteiger partial charge is 0.273 e. The van der Waals surface area contributed by atoms with Gasteiger partial charge in [0.2, 0.25) is 11.8 Å². The molecule has 0 radical (unpaired) electrons. The lowest BCUT2D eigenvalue weighted by Crippen LogP contribution is -2.53. The summed E-state index contributed by atoms with van der Waals surface area (Å²) in [4.78, 5) is 40.1. The summed E-state index contributed by atoms with van der Waals surface area (Å²) >= 11 is 0. The molecule has 7 rings (SSSR count). The van der Waals surface area contributed by atoms with Crippen LogP contribution >= 0.6 is 0 Å². The third kappa shape index (κ3) is 2.31. The normalized spacial score (nSPS) is 26.2. The number of ether oxygens (including phenoxy) is 1. The van der Waals surface area contributed by atoms with Crippen LogP contribution in [0.2, 0.25) is 0 Å². The van der Waals surface area contributed by atoms with E-state index >= 15 is 0 Å². The summed E-state index contributed by atoms with van der Waals surface area (Å²) in [5.74, 6) is -1.76. The van der Waals surface area contributed by atoms with Gasteiger partial charge in [-0.1, -0.05) is 55.5 Å². The first-order valence-corrected chi connectivity index (χ1v) is 11.3. The number of amides is 2. The van der Waals surface area contributed by atoms with Crippen molar-refractivity contribution in [3.8, 4) is 5.75 Å². The number of carbonyl (C=O) groups is 2. The highest BCUT2D eigenvalue weighted by Gasteiger charge is 2.67. The lowest BCUT2D eigenvalue weighted by atomic mass is 9.46. The second kappa shape index (κ2) is 7.00. The number of anilines is 1. The first kappa shape index (κ1) is 20.6. The first-order chi connectivity index (χ1) is 16.5. The molecule has 2 bridgehead atoms. The molecule has 0 N–H and O–H groups in total. The number of hydrogen-bond acceptors (Lipinski definition) is 5. The Bertz CT molecular complexity index is 1350. The average Bonchev–Trinajstić information content (AvgIpc) is 3.14. The van der Waals surface area contributed by atoms with E-state index in [-0.39, 0.29) is 34.9 Å². The molecule has 3 aliphatic carbocycles. The maximum atomic E-state index is 14.1. The van der Waals surface area contributed by atoms with E-state index in [1.165, 1.54) is 30.2 Å². The van der Waals surface area contributed by atoms with Crippen molar-refractivity contribution in [1.29, 1.82) is 0 Å². The maximum Gasteiger partial charge on any atom is 0.273 e. The molecule has 4 aliphatic rings. The van der Waals surface area contributed by atoms with Gasteiger partial charge in [-0.25, -0.2) is 4.90 Å². The standard InChI is InChI=1S/C27H22N2O5/c1-3-27-18-10-6-4-8-16(18)22(17-9-5-7-11-19(17)27)23-24(27)26(31)28(25(23)30)20-13-12-15(29(32)33)14-21(20)34-2/h4-14,22-24H,3H2,1-2H3/t22?,23-,24+,27?/m0/s1. The zero-order chi connectivity index (χ0) is 23.8. The minimum atomic E-state index is -0.623. The zero-order valence-electron chi connectivity index (χ0n) is 18.7. The fourth-order valence-corrected chi connectivity index (χ4v) is 6.73. The largest absolute Gasteiger partial charge is 0.494 e. The van der Waals surface area contributed by atoms with E-state index in [0.717, 1.165) is 22.3 Å². The first-order valence-electron chi connectivity index (χ1n) is 11.3. The van der Waals surface area contributed by atoms with Gasteiger partial charge in [-0.3, -0.25) is 19.7 Å². The minimum absolute atomic E-state index is 0.127. The number of imide groups is 1. The Balaban J connectivity index is 1.59. The van der Waals surface area contributed by atoms with E-state index in [2.05, 4.69) is 31.2 Å². The molecule has 7 nitrogen and oxygen atoms in total. The van der Waals surface area contributed by atoms with Crippen LogP contribution in [0.5, 0.6) is 5.75 Å². The van der Waals surface area contributed by atoms with Gasteiger partial charge in [0.15, 0.2) is 0 Å². The molecule has 0 spiro atoms. The molecule has 1 heterocycles. The molecule has 1 aliphatic heterocycles. The fourth-order valence-electron chi connectivity index (χ4n) is 6.73. The lowest BCUT2D eigenvalue weighted by Gasteiger charge is -2.54. The van der Waals surface area contributed by atoms with Crippen LogP contribution in [0.3, 0.4) is 0 Å². The number of nitrogens with zero attached hydrogens (tertiary/aromatic N) is 2. The Labute approximate surface area is 196 Å². The van der Waals surface area contributed by atoms with E-state index in [1.807, 2.05) is 24.3 Å². The zero-order valence-corrected chi connectivity index (χ0v) is 18.7. The van der Waals surface area contributed by atoms with Crippen LogP contribution in [-0.2, 0) is 15.0 Å². The summed E-state index contributed by atoms with van der Waals surface area (Å²) in [5, 5.41) is 11.3. The van der Waals surface area contributed by atoms with Crippen LogP contribution in [0.15, 0.2) is 66.7 Å². The summed E-state index contributed by atoms with van der Waals surface area (Å²) in [6.45, 7) is 2.07. The molecule has 170 valence electrons. The van der Waals surface area contributed by atoms with Crippen LogP contribution in [0.4, 0.5) is 11.4 Å². The highest BCUT2D eigenvalue weighted by Crippen LogP contribution is 2.65. The monoisotopic (exact) mass is 454 g/mol. The van der Waals surface area contributed by atoms with Crippen molar-refractivity contribution >= 4 is 23.2 Å². The van der Waals surface area contributed by atoms with Crippen LogP contribution in [0.1, 0.15) is 41.5 Å². The summed E-state index contributed by atoms with van der Waals surface area (Å²) < 4.78 is 5.39. The van der Waals surface area contributed by atoms with E-state index in [4.69, 9.17) is 4.74 Å². The van der Waals surface area contributed by atoms with Crippen LogP contribution < -0.4 is 9.64 Å². The van der Waals surface area contributed by atoms with E-state index < -0.39 is 22.2 Å². The van der Waals surface area contributed by atoms with Crippen LogP contribution in [0.25, 0.3) is 0 Å². The second-order valence-corrected chi connectivity index (χ2v) is 9.11. The lowest BCUT2D eigenvalue weighted by molar-refractivity contribution is -0.384. The third-order valence-corrected chi connectivity index (χ3v) is 7.97. The molecule has 34 heavy (non-hydrogen) atoms. The van der Waals surface area contributed by atoms with Gasteiger partial charge in [-0.2, -0.15) is 0 Å². The van der Waals surface area contributed by atoms with Crippen molar-refractivity contribution in [2.24, 2.45) is 11.8 Å². The predicted molar refractivity (Wildman–Crippen MR) is 125 cm³/mol. The van der Waals surface area contributed by atoms with Crippen molar-refractivity contribution in [1.82, 2.24) is 0 Å². The molecular weight excluding hydrogens is 432 g/mol. The third-order valence-electron chi connectivity index (χ3n) is 7.97. The summed E-state index contributed by atoms with van der Waals surface area (Å²) in [5.41, 5.74) is 3.88. The van der Waals surface area contributed by atoms with Gasteiger partial charge in [0.1, 0.15) is 5.75 Å². The second-order valence-electron chi connectivity index (χ2n) is 9.11. The molecule has 2 atom stereocenters. The molecule has 0 saturated carbocycles. The predicted octanol–water partition coefficient (Wildman–Crippen LogP) is 4.56. The Morgan fingerprint density at radius 3 is 2.15 bits per heavy atom.